The highest BCUT2D eigenvalue weighted by Crippen LogP contribution is 2.36. The van der Waals surface area contributed by atoms with E-state index >= 15 is 0 Å². The fourth-order valence-corrected chi connectivity index (χ4v) is 4.20. The number of hydrogen-bond donors (Lipinski definition) is 1. The second-order valence-corrected chi connectivity index (χ2v) is 7.45. The molecule has 3 saturated carbocycles. The van der Waals surface area contributed by atoms with E-state index in [0.717, 1.165) is 18.8 Å². The minimum Gasteiger partial charge on any atom is -0.303 e. The van der Waals surface area contributed by atoms with Gasteiger partial charge in [-0.1, -0.05) is 19.3 Å². The quantitative estimate of drug-likeness (QED) is 0.838. The van der Waals surface area contributed by atoms with Gasteiger partial charge in [0, 0.05) is 18.6 Å². The van der Waals surface area contributed by atoms with E-state index in [1.807, 2.05) is 0 Å². The Balaban J connectivity index is 1.51. The molecule has 0 aromatic heterocycles. The minimum atomic E-state index is -0.216. The van der Waals surface area contributed by atoms with E-state index in [-0.39, 0.29) is 5.54 Å². The van der Waals surface area contributed by atoms with Crippen LogP contribution in [0, 0.1) is 17.2 Å². The molecule has 20 heavy (non-hydrogen) atoms. The molecule has 112 valence electrons. The lowest BCUT2D eigenvalue weighted by Gasteiger charge is -2.31. The lowest BCUT2D eigenvalue weighted by molar-refractivity contribution is 0.179. The molecule has 2 atom stereocenters. The van der Waals surface area contributed by atoms with Crippen molar-refractivity contribution in [1.29, 1.82) is 5.26 Å². The molecule has 3 heteroatoms. The second-order valence-electron chi connectivity index (χ2n) is 7.45. The van der Waals surface area contributed by atoms with Crippen LogP contribution in [0.3, 0.4) is 0 Å². The molecule has 0 saturated heterocycles. The average molecular weight is 275 g/mol. The van der Waals surface area contributed by atoms with Gasteiger partial charge in [0.05, 0.1) is 6.07 Å². The third-order valence-electron chi connectivity index (χ3n) is 5.65. The summed E-state index contributed by atoms with van der Waals surface area (Å²) >= 11 is 0. The summed E-state index contributed by atoms with van der Waals surface area (Å²) in [5.74, 6) is 0.905. The van der Waals surface area contributed by atoms with Crippen LogP contribution in [0.2, 0.25) is 0 Å². The maximum atomic E-state index is 9.58. The number of nitrogens with zero attached hydrogens (tertiary/aromatic N) is 2. The van der Waals surface area contributed by atoms with Gasteiger partial charge in [-0.05, 0) is 57.9 Å². The van der Waals surface area contributed by atoms with Gasteiger partial charge < -0.3 is 4.90 Å². The smallest absolute Gasteiger partial charge is 0.108 e. The van der Waals surface area contributed by atoms with Gasteiger partial charge in [-0.25, -0.2) is 0 Å². The Morgan fingerprint density at radius 3 is 2.55 bits per heavy atom. The van der Waals surface area contributed by atoms with E-state index in [1.54, 1.807) is 0 Å². The first-order valence-electron chi connectivity index (χ1n) is 8.60. The van der Waals surface area contributed by atoms with Gasteiger partial charge in [-0.3, -0.25) is 5.32 Å². The molecule has 3 aliphatic carbocycles. The van der Waals surface area contributed by atoms with Crippen LogP contribution in [-0.4, -0.2) is 36.1 Å². The zero-order valence-corrected chi connectivity index (χ0v) is 12.9. The van der Waals surface area contributed by atoms with Gasteiger partial charge in [-0.15, -0.1) is 0 Å². The molecule has 0 aliphatic heterocycles. The van der Waals surface area contributed by atoms with Gasteiger partial charge in [0.2, 0.25) is 0 Å². The Bertz CT molecular complexity index is 365. The fraction of sp³-hybridized carbons (Fsp3) is 0.941. The average Bonchev–Trinajstić information content (AvgIpc) is 3.17. The van der Waals surface area contributed by atoms with E-state index in [2.05, 4.69) is 23.3 Å². The Morgan fingerprint density at radius 2 is 1.90 bits per heavy atom. The molecule has 3 aliphatic rings. The fourth-order valence-electron chi connectivity index (χ4n) is 4.20. The molecule has 3 rings (SSSR count). The van der Waals surface area contributed by atoms with E-state index in [9.17, 15) is 5.26 Å². The molecule has 2 unspecified atom stereocenters. The van der Waals surface area contributed by atoms with Crippen molar-refractivity contribution in [3.05, 3.63) is 0 Å². The van der Waals surface area contributed by atoms with E-state index < -0.39 is 0 Å². The van der Waals surface area contributed by atoms with Crippen molar-refractivity contribution in [1.82, 2.24) is 10.2 Å². The van der Waals surface area contributed by atoms with E-state index in [1.165, 1.54) is 57.9 Å². The lowest BCUT2D eigenvalue weighted by Crippen LogP contribution is -2.45. The Kier molecular flexibility index (Phi) is 4.33. The summed E-state index contributed by atoms with van der Waals surface area (Å²) in [5, 5.41) is 13.2. The maximum absolute atomic E-state index is 9.58. The molecule has 1 N–H and O–H groups in total. The van der Waals surface area contributed by atoms with Crippen LogP contribution in [0.4, 0.5) is 0 Å². The first-order valence-corrected chi connectivity index (χ1v) is 8.60. The molecule has 3 fully saturated rings. The number of nitrogens with one attached hydrogen (secondary N) is 1. The zero-order chi connectivity index (χ0) is 14.0. The molecule has 0 radical (unpaired) electrons. The van der Waals surface area contributed by atoms with Gasteiger partial charge in [0.25, 0.3) is 0 Å². The van der Waals surface area contributed by atoms with Crippen molar-refractivity contribution in [3.8, 4) is 6.07 Å². The summed E-state index contributed by atoms with van der Waals surface area (Å²) in [6.45, 7) is 1.25. The van der Waals surface area contributed by atoms with E-state index in [0.29, 0.717) is 12.1 Å². The van der Waals surface area contributed by atoms with Gasteiger partial charge in [-0.2, -0.15) is 5.26 Å². The highest BCUT2D eigenvalue weighted by molar-refractivity contribution is 5.15. The monoisotopic (exact) mass is 275 g/mol. The van der Waals surface area contributed by atoms with Crippen molar-refractivity contribution in [3.63, 3.8) is 0 Å². The molecule has 0 heterocycles. The first kappa shape index (κ1) is 14.4. The van der Waals surface area contributed by atoms with Crippen molar-refractivity contribution in [2.45, 2.75) is 81.8 Å². The summed E-state index contributed by atoms with van der Waals surface area (Å²) in [4.78, 5) is 2.56. The highest BCUT2D eigenvalue weighted by atomic mass is 15.2. The SMILES string of the molecule is CN(CC1CCCCC1)C1CCC(C#N)(NC2CC2)C1. The van der Waals surface area contributed by atoms with Crippen LogP contribution in [0.1, 0.15) is 64.2 Å². The molecule has 3 nitrogen and oxygen atoms in total. The number of nitriles is 1. The second kappa shape index (κ2) is 6.03. The van der Waals surface area contributed by atoms with Gasteiger partial charge >= 0.3 is 0 Å². The topological polar surface area (TPSA) is 39.1 Å². The van der Waals surface area contributed by atoms with Crippen molar-refractivity contribution >= 4 is 0 Å². The van der Waals surface area contributed by atoms with Gasteiger partial charge in [0.15, 0.2) is 0 Å². The molecule has 0 amide bonds. The summed E-state index contributed by atoms with van der Waals surface area (Å²) < 4.78 is 0. The van der Waals surface area contributed by atoms with Crippen molar-refractivity contribution in [2.24, 2.45) is 5.92 Å². The molecule has 0 spiro atoms. The van der Waals surface area contributed by atoms with Crippen LogP contribution in [0.5, 0.6) is 0 Å². The third kappa shape index (κ3) is 3.35. The first-order chi connectivity index (χ1) is 9.71. The molecular weight excluding hydrogens is 246 g/mol. The molecular formula is C17H29N3. The predicted molar refractivity (Wildman–Crippen MR) is 81.3 cm³/mol. The van der Waals surface area contributed by atoms with Crippen LogP contribution < -0.4 is 5.32 Å². The standard InChI is InChI=1S/C17H29N3/c1-20(12-14-5-3-2-4-6-14)16-9-10-17(11-16,13-18)19-15-7-8-15/h14-16,19H,2-12H2,1H3. The zero-order valence-electron chi connectivity index (χ0n) is 12.9. The summed E-state index contributed by atoms with van der Waals surface area (Å²) in [6.07, 6.45) is 12.9. The summed E-state index contributed by atoms with van der Waals surface area (Å²) in [7, 11) is 2.28. The van der Waals surface area contributed by atoms with Crippen molar-refractivity contribution < 1.29 is 0 Å². The predicted octanol–water partition coefficient (Wildman–Crippen LogP) is 3.07. The van der Waals surface area contributed by atoms with Crippen molar-refractivity contribution in [2.75, 3.05) is 13.6 Å². The van der Waals surface area contributed by atoms with Crippen LogP contribution in [-0.2, 0) is 0 Å². The number of rotatable bonds is 5. The van der Waals surface area contributed by atoms with Crippen LogP contribution in [0.15, 0.2) is 0 Å². The Morgan fingerprint density at radius 1 is 1.15 bits per heavy atom. The Hall–Kier alpha value is -0.590. The Labute approximate surface area is 123 Å². The largest absolute Gasteiger partial charge is 0.303 e. The normalized spacial score (nSPS) is 35.4. The maximum Gasteiger partial charge on any atom is 0.108 e. The summed E-state index contributed by atoms with van der Waals surface area (Å²) in [5.41, 5.74) is -0.216. The van der Waals surface area contributed by atoms with E-state index in [4.69, 9.17) is 0 Å². The molecule has 0 aromatic rings. The van der Waals surface area contributed by atoms with Crippen LogP contribution >= 0.6 is 0 Å². The van der Waals surface area contributed by atoms with Gasteiger partial charge in [0.1, 0.15) is 5.54 Å². The lowest BCUT2D eigenvalue weighted by atomic mass is 9.88. The highest BCUT2D eigenvalue weighted by Gasteiger charge is 2.44. The molecule has 0 bridgehead atoms. The third-order valence-corrected chi connectivity index (χ3v) is 5.65. The van der Waals surface area contributed by atoms with Crippen LogP contribution in [0.25, 0.3) is 0 Å². The molecule has 0 aromatic carbocycles. The summed E-state index contributed by atoms with van der Waals surface area (Å²) in [6, 6.07) is 3.85. The number of hydrogen-bond acceptors (Lipinski definition) is 3. The minimum absolute atomic E-state index is 0.216.